The second-order valence-electron chi connectivity index (χ2n) is 10.1. The lowest BCUT2D eigenvalue weighted by Crippen LogP contribution is -2.08. The van der Waals surface area contributed by atoms with E-state index in [4.69, 9.17) is 10.3 Å². The highest BCUT2D eigenvalue weighted by Crippen LogP contribution is 2.40. The maximum Gasteiger partial charge on any atom is 0.417 e. The maximum atomic E-state index is 13.7. The smallest absolute Gasteiger partial charge is 0.399 e. The summed E-state index contributed by atoms with van der Waals surface area (Å²) in [4.78, 5) is 10.6. The van der Waals surface area contributed by atoms with Gasteiger partial charge in [-0.25, -0.2) is 0 Å². The van der Waals surface area contributed by atoms with Crippen molar-refractivity contribution in [3.8, 4) is 44.8 Å². The molecule has 0 aliphatic carbocycles. The highest BCUT2D eigenvalue weighted by atomic mass is 19.4. The van der Waals surface area contributed by atoms with Crippen molar-refractivity contribution < 1.29 is 35.7 Å². The molecule has 1 aromatic heterocycles. The molecule has 10 heteroatoms. The molecule has 0 unspecified atom stereocenters. The van der Waals surface area contributed by atoms with E-state index in [1.54, 1.807) is 97.1 Å². The van der Waals surface area contributed by atoms with Gasteiger partial charge in [0.1, 0.15) is 12.0 Å². The molecule has 0 atom stereocenters. The van der Waals surface area contributed by atoms with Gasteiger partial charge in [0.25, 0.3) is 0 Å². The molecule has 0 bridgehead atoms. The predicted octanol–water partition coefficient (Wildman–Crippen LogP) is 10.5. The summed E-state index contributed by atoms with van der Waals surface area (Å²) >= 11 is 0. The van der Waals surface area contributed by atoms with Gasteiger partial charge in [-0.1, -0.05) is 90.1 Å². The van der Waals surface area contributed by atoms with Gasteiger partial charge in [-0.3, -0.25) is 4.79 Å². The minimum atomic E-state index is -4.50. The Morgan fingerprint density at radius 1 is 0.565 bits per heavy atom. The first kappa shape index (κ1) is 31.8. The predicted molar refractivity (Wildman–Crippen MR) is 164 cm³/mol. The second kappa shape index (κ2) is 13.2. The fraction of sp³-hybridized carbons (Fsp3) is 0.0556. The van der Waals surface area contributed by atoms with Crippen molar-refractivity contribution in [1.82, 2.24) is 5.16 Å². The first-order chi connectivity index (χ1) is 21.9. The van der Waals surface area contributed by atoms with Crippen LogP contribution in [0, 0.1) is 0 Å². The number of halogens is 6. The molecule has 46 heavy (non-hydrogen) atoms. The molecule has 5 aromatic carbocycles. The molecule has 0 radical (unpaired) electrons. The summed E-state index contributed by atoms with van der Waals surface area (Å²) < 4.78 is 85.2. The highest BCUT2D eigenvalue weighted by Gasteiger charge is 2.35. The van der Waals surface area contributed by atoms with E-state index >= 15 is 0 Å². The quantitative estimate of drug-likeness (QED) is 0.117. The number of nitrogens with two attached hydrogens (primary N) is 1. The van der Waals surface area contributed by atoms with Crippen LogP contribution in [0.25, 0.3) is 44.8 Å². The molecule has 6 aromatic rings. The van der Waals surface area contributed by atoms with Gasteiger partial charge in [-0.15, -0.1) is 0 Å². The molecule has 2 N–H and O–H groups in total. The summed E-state index contributed by atoms with van der Waals surface area (Å²) in [6, 6.07) is 33.1. The van der Waals surface area contributed by atoms with E-state index in [0.717, 1.165) is 17.7 Å². The van der Waals surface area contributed by atoms with Crippen LogP contribution in [0.5, 0.6) is 0 Å². The lowest BCUT2D eigenvalue weighted by atomic mass is 9.96. The summed E-state index contributed by atoms with van der Waals surface area (Å²) in [5.74, 6) is 0.454. The highest BCUT2D eigenvalue weighted by molar-refractivity contribution is 5.79. The number of benzene rings is 5. The number of alkyl halides is 6. The number of rotatable bonds is 5. The van der Waals surface area contributed by atoms with Crippen molar-refractivity contribution >= 4 is 12.0 Å². The van der Waals surface area contributed by atoms with E-state index in [1.807, 2.05) is 0 Å². The van der Waals surface area contributed by atoms with Crippen molar-refractivity contribution in [2.45, 2.75) is 12.4 Å². The molecule has 0 fully saturated rings. The summed E-state index contributed by atoms with van der Waals surface area (Å²) in [6.45, 7) is 0. The van der Waals surface area contributed by atoms with Gasteiger partial charge in [-0.2, -0.15) is 26.3 Å². The van der Waals surface area contributed by atoms with Gasteiger partial charge in [0.05, 0.1) is 11.1 Å². The van der Waals surface area contributed by atoms with Crippen LogP contribution in [0.1, 0.15) is 21.5 Å². The molecular weight excluding hydrogens is 606 g/mol. The van der Waals surface area contributed by atoms with E-state index in [0.29, 0.717) is 40.1 Å². The van der Waals surface area contributed by atoms with Gasteiger partial charge in [-0.05, 0) is 58.7 Å². The molecule has 0 amide bonds. The SMILES string of the molecule is Nc1ccc(-c2cc(-c3ccc(-c4ccccc4)c(C(F)(F)F)c3)no2)cc1.O=Cc1ccc(-c2ccccc2)c(C(F)(F)F)c1. The first-order valence-electron chi connectivity index (χ1n) is 13.8. The lowest BCUT2D eigenvalue weighted by molar-refractivity contribution is -0.137. The van der Waals surface area contributed by atoms with E-state index in [-0.39, 0.29) is 16.7 Å². The third kappa shape index (κ3) is 7.35. The molecule has 0 aliphatic rings. The van der Waals surface area contributed by atoms with Crippen molar-refractivity contribution in [1.29, 1.82) is 0 Å². The van der Waals surface area contributed by atoms with Crippen LogP contribution < -0.4 is 5.73 Å². The number of aldehydes is 1. The van der Waals surface area contributed by atoms with E-state index in [2.05, 4.69) is 5.16 Å². The number of nitrogen functional groups attached to an aromatic ring is 1. The molecule has 0 saturated heterocycles. The molecule has 0 saturated carbocycles. The molecular formula is C36H24F6N2O2. The topological polar surface area (TPSA) is 69.1 Å². The number of anilines is 1. The number of hydrogen-bond donors (Lipinski definition) is 1. The molecule has 4 nitrogen and oxygen atoms in total. The lowest BCUT2D eigenvalue weighted by Gasteiger charge is -2.14. The number of nitrogens with zero attached hydrogens (tertiary/aromatic N) is 1. The zero-order valence-corrected chi connectivity index (χ0v) is 23.8. The Balaban J connectivity index is 0.000000200. The number of carbonyl (C=O) groups is 1. The minimum absolute atomic E-state index is 0.0157. The van der Waals surface area contributed by atoms with Gasteiger partial charge < -0.3 is 10.3 Å². The van der Waals surface area contributed by atoms with Crippen LogP contribution in [0.4, 0.5) is 32.0 Å². The third-order valence-electron chi connectivity index (χ3n) is 6.98. The molecule has 1 heterocycles. The summed E-state index contributed by atoms with van der Waals surface area (Å²) in [5.41, 5.74) is 7.36. The van der Waals surface area contributed by atoms with Crippen LogP contribution in [-0.4, -0.2) is 11.4 Å². The van der Waals surface area contributed by atoms with Crippen LogP contribution >= 0.6 is 0 Å². The standard InChI is InChI=1S/C22H15F3N2O.C14H9F3O/c23-22(24,25)19-12-16(8-11-18(19)14-4-2-1-3-5-14)20-13-21(28-27-20)15-6-9-17(26)10-7-15;15-14(16,17)13-8-10(9-18)6-7-12(13)11-4-2-1-3-5-11/h1-13H,26H2;1-9H. The second-order valence-corrected chi connectivity index (χ2v) is 10.1. The zero-order chi connectivity index (χ0) is 32.9. The normalized spacial score (nSPS) is 11.4. The fourth-order valence-corrected chi connectivity index (χ4v) is 4.74. The Labute approximate surface area is 259 Å². The average molecular weight is 631 g/mol. The first-order valence-corrected chi connectivity index (χ1v) is 13.8. The van der Waals surface area contributed by atoms with Crippen molar-refractivity contribution in [2.24, 2.45) is 0 Å². The van der Waals surface area contributed by atoms with Crippen LogP contribution in [0.15, 0.2) is 132 Å². The third-order valence-corrected chi connectivity index (χ3v) is 6.98. The number of aromatic nitrogens is 1. The average Bonchev–Trinajstić information content (AvgIpc) is 3.55. The summed E-state index contributed by atoms with van der Waals surface area (Å²) in [7, 11) is 0. The Morgan fingerprint density at radius 3 is 1.59 bits per heavy atom. The van der Waals surface area contributed by atoms with Crippen molar-refractivity contribution in [2.75, 3.05) is 5.73 Å². The zero-order valence-electron chi connectivity index (χ0n) is 23.8. The van der Waals surface area contributed by atoms with Crippen LogP contribution in [0.3, 0.4) is 0 Å². The summed E-state index contributed by atoms with van der Waals surface area (Å²) in [6.07, 6.45) is -8.57. The van der Waals surface area contributed by atoms with Gasteiger partial charge in [0.15, 0.2) is 5.76 Å². The Hall–Kier alpha value is -5.64. The molecule has 232 valence electrons. The van der Waals surface area contributed by atoms with Crippen LogP contribution in [-0.2, 0) is 12.4 Å². The van der Waals surface area contributed by atoms with E-state index in [9.17, 15) is 31.1 Å². The minimum Gasteiger partial charge on any atom is -0.399 e. The van der Waals surface area contributed by atoms with Crippen molar-refractivity contribution in [3.63, 3.8) is 0 Å². The summed E-state index contributed by atoms with van der Waals surface area (Å²) in [5, 5.41) is 3.94. The van der Waals surface area contributed by atoms with Gasteiger partial charge >= 0.3 is 12.4 Å². The van der Waals surface area contributed by atoms with Gasteiger partial charge in [0, 0.05) is 28.4 Å². The fourth-order valence-electron chi connectivity index (χ4n) is 4.74. The Morgan fingerprint density at radius 2 is 1.07 bits per heavy atom. The Kier molecular flexibility index (Phi) is 9.08. The molecule has 6 rings (SSSR count). The number of carbonyl (C=O) groups excluding carboxylic acids is 1. The largest absolute Gasteiger partial charge is 0.417 e. The molecule has 0 aliphatic heterocycles. The molecule has 0 spiro atoms. The van der Waals surface area contributed by atoms with Gasteiger partial charge in [0.2, 0.25) is 0 Å². The monoisotopic (exact) mass is 630 g/mol. The Bertz CT molecular complexity index is 1930. The van der Waals surface area contributed by atoms with Crippen LogP contribution in [0.2, 0.25) is 0 Å². The van der Waals surface area contributed by atoms with E-state index in [1.165, 1.54) is 18.2 Å². The van der Waals surface area contributed by atoms with Crippen molar-refractivity contribution in [3.05, 3.63) is 144 Å². The number of hydrogen-bond acceptors (Lipinski definition) is 4. The van der Waals surface area contributed by atoms with E-state index < -0.39 is 23.5 Å². The maximum absolute atomic E-state index is 13.7.